The van der Waals surface area contributed by atoms with E-state index in [1.807, 2.05) is 6.07 Å². The molecule has 0 aliphatic carbocycles. The predicted octanol–water partition coefficient (Wildman–Crippen LogP) is 0.511. The minimum absolute atomic E-state index is 0.778. The van der Waals surface area contributed by atoms with Crippen LogP contribution in [0.5, 0.6) is 0 Å². The van der Waals surface area contributed by atoms with Gasteiger partial charge in [0.15, 0.2) is 0 Å². The Bertz CT molecular complexity index is 204. The molecule has 1 aliphatic heterocycles. The fraction of sp³-hybridized carbons (Fsp3) is 0.571. The number of morpholine rings is 1. The van der Waals surface area contributed by atoms with Gasteiger partial charge in [-0.05, 0) is 0 Å². The molecule has 1 saturated heterocycles. The summed E-state index contributed by atoms with van der Waals surface area (Å²) in [5.74, 6) is 0.841. The maximum absolute atomic E-state index is 5.19. The van der Waals surface area contributed by atoms with E-state index in [4.69, 9.17) is 9.26 Å². The first-order valence-electron chi connectivity index (χ1n) is 3.70. The topological polar surface area (TPSA) is 38.5 Å². The Morgan fingerprint density at radius 2 is 2.18 bits per heavy atom. The lowest BCUT2D eigenvalue weighted by atomic mass is 10.4. The monoisotopic (exact) mass is 154 g/mol. The third-order valence-corrected chi connectivity index (χ3v) is 1.75. The Balaban J connectivity index is 2.04. The highest BCUT2D eigenvalue weighted by Gasteiger charge is 2.12. The third-order valence-electron chi connectivity index (χ3n) is 1.75. The van der Waals surface area contributed by atoms with Gasteiger partial charge in [-0.3, -0.25) is 0 Å². The van der Waals surface area contributed by atoms with Gasteiger partial charge in [0.25, 0.3) is 0 Å². The SMILES string of the molecule is c1cc(N2CCOCC2)on1. The molecule has 0 aromatic carbocycles. The summed E-state index contributed by atoms with van der Waals surface area (Å²) in [5, 5.41) is 3.64. The van der Waals surface area contributed by atoms with E-state index in [0.29, 0.717) is 0 Å². The molecule has 0 amide bonds. The molecule has 0 bridgehead atoms. The van der Waals surface area contributed by atoms with Gasteiger partial charge in [-0.25, -0.2) is 0 Å². The molecule has 0 atom stereocenters. The molecule has 0 spiro atoms. The molecule has 0 unspecified atom stereocenters. The molecular weight excluding hydrogens is 144 g/mol. The maximum Gasteiger partial charge on any atom is 0.227 e. The third kappa shape index (κ3) is 1.35. The van der Waals surface area contributed by atoms with Crippen LogP contribution in [0.3, 0.4) is 0 Å². The number of hydrogen-bond donors (Lipinski definition) is 0. The summed E-state index contributed by atoms with van der Waals surface area (Å²) in [7, 11) is 0. The van der Waals surface area contributed by atoms with E-state index in [1.54, 1.807) is 6.20 Å². The van der Waals surface area contributed by atoms with Gasteiger partial charge in [-0.1, -0.05) is 5.16 Å². The highest BCUT2D eigenvalue weighted by Crippen LogP contribution is 2.13. The largest absolute Gasteiger partial charge is 0.378 e. The van der Waals surface area contributed by atoms with Crippen molar-refractivity contribution in [2.75, 3.05) is 31.2 Å². The van der Waals surface area contributed by atoms with Crippen molar-refractivity contribution in [3.63, 3.8) is 0 Å². The van der Waals surface area contributed by atoms with Crippen LogP contribution in [0.25, 0.3) is 0 Å². The quantitative estimate of drug-likeness (QED) is 0.590. The maximum atomic E-state index is 5.19. The van der Waals surface area contributed by atoms with E-state index < -0.39 is 0 Å². The summed E-state index contributed by atoms with van der Waals surface area (Å²) >= 11 is 0. The van der Waals surface area contributed by atoms with Crippen molar-refractivity contribution in [3.8, 4) is 0 Å². The number of nitrogens with zero attached hydrogens (tertiary/aromatic N) is 2. The van der Waals surface area contributed by atoms with Crippen molar-refractivity contribution in [2.45, 2.75) is 0 Å². The minimum atomic E-state index is 0.778. The summed E-state index contributed by atoms with van der Waals surface area (Å²) < 4.78 is 10.2. The van der Waals surface area contributed by atoms with Crippen LogP contribution >= 0.6 is 0 Å². The predicted molar refractivity (Wildman–Crippen MR) is 39.5 cm³/mol. The molecule has 60 valence electrons. The molecule has 0 radical (unpaired) electrons. The van der Waals surface area contributed by atoms with Crippen molar-refractivity contribution in [1.29, 1.82) is 0 Å². The second-order valence-corrected chi connectivity index (χ2v) is 2.45. The lowest BCUT2D eigenvalue weighted by Crippen LogP contribution is -2.35. The Kier molecular flexibility index (Phi) is 1.77. The Hall–Kier alpha value is -1.03. The first-order valence-corrected chi connectivity index (χ1v) is 3.70. The lowest BCUT2D eigenvalue weighted by Gasteiger charge is -2.25. The van der Waals surface area contributed by atoms with Crippen molar-refractivity contribution in [3.05, 3.63) is 12.3 Å². The summed E-state index contributed by atoms with van der Waals surface area (Å²) in [6, 6.07) is 1.87. The van der Waals surface area contributed by atoms with Gasteiger partial charge in [0, 0.05) is 19.2 Å². The van der Waals surface area contributed by atoms with Crippen LogP contribution in [0.15, 0.2) is 16.8 Å². The fourth-order valence-corrected chi connectivity index (χ4v) is 1.16. The zero-order valence-corrected chi connectivity index (χ0v) is 6.19. The van der Waals surface area contributed by atoms with Crippen LogP contribution < -0.4 is 4.90 Å². The number of anilines is 1. The van der Waals surface area contributed by atoms with Crippen LogP contribution in [-0.4, -0.2) is 31.5 Å². The normalized spacial score (nSPS) is 18.7. The molecule has 2 rings (SSSR count). The highest BCUT2D eigenvalue weighted by molar-refractivity contribution is 5.32. The first kappa shape index (κ1) is 6.67. The molecule has 1 aromatic heterocycles. The van der Waals surface area contributed by atoms with Gasteiger partial charge in [0.2, 0.25) is 5.88 Å². The van der Waals surface area contributed by atoms with E-state index >= 15 is 0 Å². The Morgan fingerprint density at radius 3 is 2.82 bits per heavy atom. The molecule has 11 heavy (non-hydrogen) atoms. The van der Waals surface area contributed by atoms with Gasteiger partial charge < -0.3 is 14.2 Å². The fourth-order valence-electron chi connectivity index (χ4n) is 1.16. The van der Waals surface area contributed by atoms with E-state index in [9.17, 15) is 0 Å². The van der Waals surface area contributed by atoms with E-state index in [-0.39, 0.29) is 0 Å². The number of aromatic nitrogens is 1. The molecule has 0 saturated carbocycles. The summed E-state index contributed by atoms with van der Waals surface area (Å²) in [5.41, 5.74) is 0. The summed E-state index contributed by atoms with van der Waals surface area (Å²) in [6.07, 6.45) is 1.66. The average Bonchev–Trinajstić information content (AvgIpc) is 2.58. The molecule has 4 nitrogen and oxygen atoms in total. The lowest BCUT2D eigenvalue weighted by molar-refractivity contribution is 0.120. The van der Waals surface area contributed by atoms with Crippen molar-refractivity contribution < 1.29 is 9.26 Å². The Morgan fingerprint density at radius 1 is 1.36 bits per heavy atom. The average molecular weight is 154 g/mol. The van der Waals surface area contributed by atoms with Gasteiger partial charge in [0.1, 0.15) is 0 Å². The zero-order valence-electron chi connectivity index (χ0n) is 6.19. The van der Waals surface area contributed by atoms with Gasteiger partial charge in [0.05, 0.1) is 19.4 Å². The highest BCUT2D eigenvalue weighted by atomic mass is 16.5. The molecular formula is C7H10N2O2. The standard InChI is InChI=1S/C7H10N2O2/c1-2-8-11-7(1)9-3-5-10-6-4-9/h1-2H,3-6H2. The second-order valence-electron chi connectivity index (χ2n) is 2.45. The second kappa shape index (κ2) is 2.92. The van der Waals surface area contributed by atoms with Crippen LogP contribution in [0, 0.1) is 0 Å². The number of ether oxygens (including phenoxy) is 1. The Labute approximate surface area is 64.7 Å². The van der Waals surface area contributed by atoms with Crippen molar-refractivity contribution in [2.24, 2.45) is 0 Å². The van der Waals surface area contributed by atoms with Crippen LogP contribution in [0.1, 0.15) is 0 Å². The zero-order chi connectivity index (χ0) is 7.52. The molecule has 0 N–H and O–H groups in total. The minimum Gasteiger partial charge on any atom is -0.378 e. The van der Waals surface area contributed by atoms with Crippen molar-refractivity contribution >= 4 is 5.88 Å². The van der Waals surface area contributed by atoms with Gasteiger partial charge >= 0.3 is 0 Å². The smallest absolute Gasteiger partial charge is 0.227 e. The molecule has 1 aromatic rings. The van der Waals surface area contributed by atoms with Crippen LogP contribution in [0.4, 0.5) is 5.88 Å². The molecule has 4 heteroatoms. The summed E-state index contributed by atoms with van der Waals surface area (Å²) in [4.78, 5) is 2.12. The van der Waals surface area contributed by atoms with E-state index in [0.717, 1.165) is 32.2 Å². The summed E-state index contributed by atoms with van der Waals surface area (Å²) in [6.45, 7) is 3.35. The van der Waals surface area contributed by atoms with E-state index in [2.05, 4.69) is 10.1 Å². The van der Waals surface area contributed by atoms with Crippen LogP contribution in [-0.2, 0) is 4.74 Å². The molecule has 2 heterocycles. The molecule has 1 fully saturated rings. The number of hydrogen-bond acceptors (Lipinski definition) is 4. The molecule has 1 aliphatic rings. The van der Waals surface area contributed by atoms with Crippen LogP contribution in [0.2, 0.25) is 0 Å². The first-order chi connectivity index (χ1) is 5.47. The van der Waals surface area contributed by atoms with Gasteiger partial charge in [-0.2, -0.15) is 0 Å². The number of rotatable bonds is 1. The van der Waals surface area contributed by atoms with Crippen molar-refractivity contribution in [1.82, 2.24) is 5.16 Å². The van der Waals surface area contributed by atoms with Gasteiger partial charge in [-0.15, -0.1) is 0 Å². The van der Waals surface area contributed by atoms with E-state index in [1.165, 1.54) is 0 Å².